The molecule has 2 heterocycles. The van der Waals surface area contributed by atoms with Gasteiger partial charge in [0.2, 0.25) is 0 Å². The summed E-state index contributed by atoms with van der Waals surface area (Å²) in [7, 11) is 0. The molecule has 3 aliphatic rings. The number of ether oxygens (including phenoxy) is 2. The summed E-state index contributed by atoms with van der Waals surface area (Å²) in [4.78, 5) is 15.3. The molecular formula is C32H33NO3. The van der Waals surface area contributed by atoms with E-state index in [4.69, 9.17) is 9.47 Å². The van der Waals surface area contributed by atoms with Gasteiger partial charge in [-0.2, -0.15) is 0 Å². The highest BCUT2D eigenvalue weighted by Gasteiger charge is 2.40. The molecule has 1 aliphatic carbocycles. The maximum Gasteiger partial charge on any atom is 0.410 e. The van der Waals surface area contributed by atoms with Gasteiger partial charge < -0.3 is 9.47 Å². The van der Waals surface area contributed by atoms with E-state index < -0.39 is 0 Å². The van der Waals surface area contributed by atoms with Crippen molar-refractivity contribution in [3.8, 4) is 11.1 Å². The van der Waals surface area contributed by atoms with Crippen molar-refractivity contribution in [2.45, 2.75) is 50.6 Å². The molecule has 0 spiro atoms. The zero-order valence-electron chi connectivity index (χ0n) is 21.2. The number of carbonyl (C=O) groups excluding carboxylic acids is 1. The van der Waals surface area contributed by atoms with Crippen LogP contribution in [0.1, 0.15) is 55.4 Å². The molecule has 1 amide bonds. The summed E-state index contributed by atoms with van der Waals surface area (Å²) in [5, 5.41) is 0. The first kappa shape index (κ1) is 23.1. The molecule has 2 unspecified atom stereocenters. The van der Waals surface area contributed by atoms with Crippen LogP contribution in [0.2, 0.25) is 0 Å². The van der Waals surface area contributed by atoms with Gasteiger partial charge in [0.05, 0.1) is 25.3 Å². The lowest BCUT2D eigenvalue weighted by atomic mass is 9.84. The normalized spacial score (nSPS) is 21.0. The van der Waals surface area contributed by atoms with Gasteiger partial charge >= 0.3 is 6.09 Å². The summed E-state index contributed by atoms with van der Waals surface area (Å²) in [6.07, 6.45) is 2.73. The van der Waals surface area contributed by atoms with Gasteiger partial charge in [-0.25, -0.2) is 4.79 Å². The molecule has 184 valence electrons. The maximum absolute atomic E-state index is 13.4. The summed E-state index contributed by atoms with van der Waals surface area (Å²) in [5.74, 6) is 0.0645. The molecule has 36 heavy (non-hydrogen) atoms. The Balaban J connectivity index is 1.20. The molecule has 1 fully saturated rings. The Bertz CT molecular complexity index is 1270. The van der Waals surface area contributed by atoms with Gasteiger partial charge in [0.25, 0.3) is 0 Å². The SMILES string of the molecule is CC(C)(C)c1ccc(C2=CC3COCC(C2)N3C(=O)OCC2c3ccccc3-c3ccccc32)cc1. The third-order valence-electron chi connectivity index (χ3n) is 7.87. The van der Waals surface area contributed by atoms with Crippen LogP contribution >= 0.6 is 0 Å². The average molecular weight is 480 g/mol. The summed E-state index contributed by atoms with van der Waals surface area (Å²) >= 11 is 0. The molecule has 2 bridgehead atoms. The van der Waals surface area contributed by atoms with Gasteiger partial charge in [0.1, 0.15) is 6.61 Å². The highest BCUT2D eigenvalue weighted by atomic mass is 16.6. The Kier molecular flexibility index (Phi) is 5.72. The number of amides is 1. The lowest BCUT2D eigenvalue weighted by Crippen LogP contribution is -2.56. The van der Waals surface area contributed by atoms with Crippen molar-refractivity contribution in [2.75, 3.05) is 19.8 Å². The number of morpholine rings is 1. The minimum absolute atomic E-state index is 0.0123. The van der Waals surface area contributed by atoms with Gasteiger partial charge in [-0.15, -0.1) is 0 Å². The topological polar surface area (TPSA) is 38.8 Å². The Hall–Kier alpha value is -3.37. The first-order valence-electron chi connectivity index (χ1n) is 12.9. The standard InChI is InChI=1S/C32H33NO3/c1-32(2,3)23-14-12-21(13-15-23)22-16-24-18-35-19-25(17-22)33(24)31(34)36-20-30-28-10-6-4-8-26(28)27-9-5-7-11-29(27)30/h4-16,24-25,30H,17-20H2,1-3H3. The van der Waals surface area contributed by atoms with Gasteiger partial charge in [0, 0.05) is 5.92 Å². The van der Waals surface area contributed by atoms with E-state index in [1.54, 1.807) is 0 Å². The van der Waals surface area contributed by atoms with Crippen molar-refractivity contribution in [1.82, 2.24) is 4.90 Å². The quantitative estimate of drug-likeness (QED) is 0.415. The molecule has 3 aromatic carbocycles. The van der Waals surface area contributed by atoms with Crippen LogP contribution in [-0.4, -0.2) is 42.9 Å². The van der Waals surface area contributed by atoms with Gasteiger partial charge in [-0.3, -0.25) is 4.90 Å². The molecule has 6 rings (SSSR count). The van der Waals surface area contributed by atoms with Crippen molar-refractivity contribution < 1.29 is 14.3 Å². The van der Waals surface area contributed by atoms with Crippen LogP contribution in [0.15, 0.2) is 78.9 Å². The van der Waals surface area contributed by atoms with Crippen LogP contribution in [0.25, 0.3) is 16.7 Å². The highest BCUT2D eigenvalue weighted by molar-refractivity contribution is 5.79. The number of hydrogen-bond acceptors (Lipinski definition) is 3. The Labute approximate surface area is 213 Å². The van der Waals surface area contributed by atoms with Gasteiger partial charge in [-0.1, -0.05) is 99.6 Å². The third kappa shape index (κ3) is 4.04. The fraction of sp³-hybridized carbons (Fsp3) is 0.344. The molecule has 4 heteroatoms. The highest BCUT2D eigenvalue weighted by Crippen LogP contribution is 2.44. The lowest BCUT2D eigenvalue weighted by molar-refractivity contribution is -0.0331. The van der Waals surface area contributed by atoms with E-state index in [2.05, 4.69) is 99.6 Å². The number of rotatable bonds is 3. The van der Waals surface area contributed by atoms with Gasteiger partial charge in [-0.05, 0) is 50.8 Å². The summed E-state index contributed by atoms with van der Waals surface area (Å²) < 4.78 is 11.9. The second kappa shape index (κ2) is 8.94. The number of hydrogen-bond donors (Lipinski definition) is 0. The second-order valence-electron chi connectivity index (χ2n) is 11.2. The van der Waals surface area contributed by atoms with Crippen LogP contribution in [0.3, 0.4) is 0 Å². The van der Waals surface area contributed by atoms with Crippen molar-refractivity contribution in [1.29, 1.82) is 0 Å². The molecule has 0 aromatic heterocycles. The summed E-state index contributed by atoms with van der Waals surface area (Å²) in [6, 6.07) is 25.6. The average Bonchev–Trinajstić information content (AvgIpc) is 3.20. The van der Waals surface area contributed by atoms with Crippen LogP contribution in [-0.2, 0) is 14.9 Å². The van der Waals surface area contributed by atoms with Crippen molar-refractivity contribution in [3.05, 3.63) is 101 Å². The molecule has 0 saturated carbocycles. The fourth-order valence-corrected chi connectivity index (χ4v) is 5.95. The molecule has 0 radical (unpaired) electrons. The zero-order chi connectivity index (χ0) is 24.9. The van der Waals surface area contributed by atoms with E-state index in [9.17, 15) is 4.79 Å². The Morgan fingerprint density at radius 2 is 1.56 bits per heavy atom. The van der Waals surface area contributed by atoms with Crippen molar-refractivity contribution in [2.24, 2.45) is 0 Å². The summed E-state index contributed by atoms with van der Waals surface area (Å²) in [5.41, 5.74) is 8.91. The minimum Gasteiger partial charge on any atom is -0.448 e. The minimum atomic E-state index is -0.242. The molecule has 3 aromatic rings. The predicted octanol–water partition coefficient (Wildman–Crippen LogP) is 6.79. The van der Waals surface area contributed by atoms with Crippen LogP contribution < -0.4 is 0 Å². The largest absolute Gasteiger partial charge is 0.448 e. The van der Waals surface area contributed by atoms with E-state index in [0.29, 0.717) is 19.8 Å². The van der Waals surface area contributed by atoms with Crippen LogP contribution in [0.4, 0.5) is 4.79 Å². The van der Waals surface area contributed by atoms with E-state index in [-0.39, 0.29) is 29.5 Å². The first-order valence-corrected chi connectivity index (χ1v) is 12.9. The molecule has 2 atom stereocenters. The van der Waals surface area contributed by atoms with Crippen LogP contribution in [0.5, 0.6) is 0 Å². The molecule has 1 saturated heterocycles. The van der Waals surface area contributed by atoms with Crippen molar-refractivity contribution >= 4 is 11.7 Å². The molecule has 0 N–H and O–H groups in total. The fourth-order valence-electron chi connectivity index (χ4n) is 5.95. The van der Waals surface area contributed by atoms with E-state index in [1.807, 2.05) is 4.90 Å². The lowest BCUT2D eigenvalue weighted by Gasteiger charge is -2.44. The predicted molar refractivity (Wildman–Crippen MR) is 143 cm³/mol. The monoisotopic (exact) mass is 479 g/mol. The molecule has 2 aliphatic heterocycles. The number of carbonyl (C=O) groups is 1. The van der Waals surface area contributed by atoms with Gasteiger partial charge in [0.15, 0.2) is 0 Å². The van der Waals surface area contributed by atoms with Crippen molar-refractivity contribution in [3.63, 3.8) is 0 Å². The summed E-state index contributed by atoms with van der Waals surface area (Å²) in [6.45, 7) is 8.08. The zero-order valence-corrected chi connectivity index (χ0v) is 21.2. The number of benzene rings is 3. The Morgan fingerprint density at radius 3 is 2.17 bits per heavy atom. The smallest absolute Gasteiger partial charge is 0.410 e. The Morgan fingerprint density at radius 1 is 0.917 bits per heavy atom. The van der Waals surface area contributed by atoms with Crippen LogP contribution in [0, 0.1) is 0 Å². The maximum atomic E-state index is 13.4. The second-order valence-corrected chi connectivity index (χ2v) is 11.2. The molecular weight excluding hydrogens is 446 g/mol. The number of fused-ring (bicyclic) bond motifs is 5. The van der Waals surface area contributed by atoms with E-state index in [1.165, 1.54) is 39.0 Å². The van der Waals surface area contributed by atoms with E-state index >= 15 is 0 Å². The number of nitrogens with zero attached hydrogens (tertiary/aromatic N) is 1. The van der Waals surface area contributed by atoms with E-state index in [0.717, 1.165) is 6.42 Å². The first-order chi connectivity index (χ1) is 17.4. The molecule has 4 nitrogen and oxygen atoms in total. The third-order valence-corrected chi connectivity index (χ3v) is 7.87.